The number of hydrogen-bond donors (Lipinski definition) is 3. The van der Waals surface area contributed by atoms with Crippen LogP contribution in [0.15, 0.2) is 11.4 Å². The minimum atomic E-state index is -3.39. The van der Waals surface area contributed by atoms with Crippen molar-refractivity contribution in [3.05, 3.63) is 21.9 Å². The van der Waals surface area contributed by atoms with Gasteiger partial charge in [-0.1, -0.05) is 11.8 Å². The van der Waals surface area contributed by atoms with Gasteiger partial charge >= 0.3 is 0 Å². The number of aliphatic hydroxyl groups excluding tert-OH is 1. The Bertz CT molecular complexity index is 496. The van der Waals surface area contributed by atoms with Gasteiger partial charge in [-0.15, -0.1) is 11.3 Å². The second-order valence-electron chi connectivity index (χ2n) is 2.79. The third-order valence-corrected chi connectivity index (χ3v) is 3.67. The summed E-state index contributed by atoms with van der Waals surface area (Å²) in [5.74, 6) is 5.27. The van der Waals surface area contributed by atoms with Crippen LogP contribution in [0.25, 0.3) is 0 Å². The highest BCUT2D eigenvalue weighted by atomic mass is 32.2. The van der Waals surface area contributed by atoms with Gasteiger partial charge in [0.05, 0.1) is 0 Å². The Hall–Kier alpha value is -0.910. The van der Waals surface area contributed by atoms with E-state index in [0.29, 0.717) is 0 Å². The molecule has 0 saturated carbocycles. The number of aliphatic hydroxyl groups is 1. The van der Waals surface area contributed by atoms with Crippen molar-refractivity contribution >= 4 is 21.5 Å². The Kier molecular flexibility index (Phi) is 4.92. The lowest BCUT2D eigenvalue weighted by Gasteiger charge is -2.01. The Morgan fingerprint density at radius 3 is 2.94 bits per heavy atom. The molecule has 0 fully saturated rings. The van der Waals surface area contributed by atoms with Crippen molar-refractivity contribution in [1.82, 2.24) is 9.44 Å². The highest BCUT2D eigenvalue weighted by Gasteiger charge is 2.06. The lowest BCUT2D eigenvalue weighted by molar-refractivity contribution is 0.350. The van der Waals surface area contributed by atoms with E-state index in [1.54, 1.807) is 6.07 Å². The molecule has 0 atom stereocenters. The monoisotopic (exact) mass is 260 g/mol. The lowest BCUT2D eigenvalue weighted by atomic mass is 10.3. The van der Waals surface area contributed by atoms with Crippen LogP contribution in [0.5, 0.6) is 0 Å². The van der Waals surface area contributed by atoms with E-state index in [4.69, 9.17) is 5.11 Å². The second kappa shape index (κ2) is 5.98. The molecule has 7 heteroatoms. The second-order valence-corrected chi connectivity index (χ2v) is 5.49. The SMILES string of the molecule is CNS(=O)(=O)NCc1cc(C#CCO)cs1. The molecule has 0 unspecified atom stereocenters. The standard InChI is InChI=1S/C9H12N2O3S2/c1-10-16(13,14)11-6-9-5-8(7-15-9)3-2-4-12/h5,7,10-12H,4,6H2,1H3. The van der Waals surface area contributed by atoms with Gasteiger partial charge in [-0.2, -0.15) is 13.1 Å². The van der Waals surface area contributed by atoms with Crippen LogP contribution >= 0.6 is 11.3 Å². The number of thiophene rings is 1. The molecule has 0 aromatic carbocycles. The molecule has 0 radical (unpaired) electrons. The fraction of sp³-hybridized carbons (Fsp3) is 0.333. The zero-order chi connectivity index (χ0) is 12.0. The average Bonchev–Trinajstić information content (AvgIpc) is 2.72. The smallest absolute Gasteiger partial charge is 0.276 e. The zero-order valence-electron chi connectivity index (χ0n) is 8.65. The third kappa shape index (κ3) is 4.30. The summed E-state index contributed by atoms with van der Waals surface area (Å²) in [5.41, 5.74) is 0.776. The van der Waals surface area contributed by atoms with Crippen LogP contribution in [-0.4, -0.2) is 27.2 Å². The van der Waals surface area contributed by atoms with E-state index in [1.807, 2.05) is 5.38 Å². The van der Waals surface area contributed by atoms with Crippen molar-refractivity contribution in [3.8, 4) is 11.8 Å². The first-order valence-corrected chi connectivity index (χ1v) is 6.79. The van der Waals surface area contributed by atoms with Crippen LogP contribution in [0, 0.1) is 11.8 Å². The normalized spacial score (nSPS) is 10.9. The molecule has 1 rings (SSSR count). The molecule has 0 aliphatic carbocycles. The number of nitrogens with one attached hydrogen (secondary N) is 2. The predicted octanol–water partition coefficient (Wildman–Crippen LogP) is -0.354. The van der Waals surface area contributed by atoms with E-state index in [-0.39, 0.29) is 13.2 Å². The van der Waals surface area contributed by atoms with Crippen LogP contribution in [0.4, 0.5) is 0 Å². The Morgan fingerprint density at radius 1 is 1.56 bits per heavy atom. The molecule has 1 aromatic rings. The molecule has 0 bridgehead atoms. The summed E-state index contributed by atoms with van der Waals surface area (Å²) in [6.45, 7) is 0.0478. The number of hydrogen-bond acceptors (Lipinski definition) is 4. The van der Waals surface area contributed by atoms with E-state index in [9.17, 15) is 8.42 Å². The largest absolute Gasteiger partial charge is 0.384 e. The highest BCUT2D eigenvalue weighted by molar-refractivity contribution is 7.87. The maximum absolute atomic E-state index is 11.1. The van der Waals surface area contributed by atoms with Gasteiger partial charge in [0.15, 0.2) is 0 Å². The summed E-state index contributed by atoms with van der Waals surface area (Å²) in [6.07, 6.45) is 0. The molecular weight excluding hydrogens is 248 g/mol. The fourth-order valence-corrected chi connectivity index (χ4v) is 2.26. The van der Waals surface area contributed by atoms with Gasteiger partial charge in [0.25, 0.3) is 10.2 Å². The molecule has 0 aliphatic rings. The highest BCUT2D eigenvalue weighted by Crippen LogP contribution is 2.13. The van der Waals surface area contributed by atoms with Crippen LogP contribution < -0.4 is 9.44 Å². The van der Waals surface area contributed by atoms with Gasteiger partial charge in [-0.25, -0.2) is 4.72 Å². The summed E-state index contributed by atoms with van der Waals surface area (Å²) in [7, 11) is -2.05. The number of rotatable bonds is 4. The molecule has 0 spiro atoms. The molecule has 5 nitrogen and oxygen atoms in total. The molecule has 3 N–H and O–H groups in total. The summed E-state index contributed by atoms with van der Waals surface area (Å²) >= 11 is 1.41. The summed E-state index contributed by atoms with van der Waals surface area (Å²) in [5, 5.41) is 10.3. The molecule has 0 aliphatic heterocycles. The van der Waals surface area contributed by atoms with Gasteiger partial charge in [0, 0.05) is 29.4 Å². The summed E-state index contributed by atoms with van der Waals surface area (Å²) in [6, 6.07) is 1.78. The van der Waals surface area contributed by atoms with E-state index in [1.165, 1.54) is 18.4 Å². The van der Waals surface area contributed by atoms with Gasteiger partial charge in [0.1, 0.15) is 6.61 Å². The fourth-order valence-electron chi connectivity index (χ4n) is 0.919. The molecular formula is C9H12N2O3S2. The first kappa shape index (κ1) is 13.2. The van der Waals surface area contributed by atoms with Crippen molar-refractivity contribution in [2.24, 2.45) is 0 Å². The lowest BCUT2D eigenvalue weighted by Crippen LogP contribution is -2.33. The summed E-state index contributed by atoms with van der Waals surface area (Å²) < 4.78 is 26.7. The molecule has 0 saturated heterocycles. The van der Waals surface area contributed by atoms with Crippen LogP contribution in [-0.2, 0) is 16.8 Å². The van der Waals surface area contributed by atoms with E-state index in [2.05, 4.69) is 21.3 Å². The van der Waals surface area contributed by atoms with E-state index < -0.39 is 10.2 Å². The Balaban J connectivity index is 2.60. The van der Waals surface area contributed by atoms with Crippen LogP contribution in [0.2, 0.25) is 0 Å². The van der Waals surface area contributed by atoms with Crippen molar-refractivity contribution < 1.29 is 13.5 Å². The van der Waals surface area contributed by atoms with Crippen molar-refractivity contribution in [2.75, 3.05) is 13.7 Å². The van der Waals surface area contributed by atoms with Crippen molar-refractivity contribution in [3.63, 3.8) is 0 Å². The molecule has 1 heterocycles. The molecule has 0 amide bonds. The average molecular weight is 260 g/mol. The Morgan fingerprint density at radius 2 is 2.31 bits per heavy atom. The quantitative estimate of drug-likeness (QED) is 0.647. The zero-order valence-corrected chi connectivity index (χ0v) is 10.3. The van der Waals surface area contributed by atoms with Crippen LogP contribution in [0.1, 0.15) is 10.4 Å². The maximum atomic E-state index is 11.1. The van der Waals surface area contributed by atoms with Crippen molar-refractivity contribution in [1.29, 1.82) is 0 Å². The minimum Gasteiger partial charge on any atom is -0.384 e. The van der Waals surface area contributed by atoms with E-state index >= 15 is 0 Å². The maximum Gasteiger partial charge on any atom is 0.276 e. The predicted molar refractivity (Wildman–Crippen MR) is 63.1 cm³/mol. The first-order chi connectivity index (χ1) is 7.57. The van der Waals surface area contributed by atoms with Crippen LogP contribution in [0.3, 0.4) is 0 Å². The molecule has 16 heavy (non-hydrogen) atoms. The van der Waals surface area contributed by atoms with Gasteiger partial charge < -0.3 is 5.11 Å². The minimum absolute atomic E-state index is 0.183. The first-order valence-electron chi connectivity index (χ1n) is 4.42. The summed E-state index contributed by atoms with van der Waals surface area (Å²) in [4.78, 5) is 0.862. The van der Waals surface area contributed by atoms with Crippen molar-refractivity contribution in [2.45, 2.75) is 6.54 Å². The third-order valence-electron chi connectivity index (χ3n) is 1.67. The Labute approximate surface area is 98.7 Å². The molecule has 88 valence electrons. The topological polar surface area (TPSA) is 78.4 Å². The molecule has 1 aromatic heterocycles. The van der Waals surface area contributed by atoms with Gasteiger partial charge in [-0.3, -0.25) is 0 Å². The van der Waals surface area contributed by atoms with Gasteiger partial charge in [-0.05, 0) is 6.07 Å². The van der Waals surface area contributed by atoms with Gasteiger partial charge in [0.2, 0.25) is 0 Å². The van der Waals surface area contributed by atoms with E-state index in [0.717, 1.165) is 10.4 Å².